The van der Waals surface area contributed by atoms with Crippen molar-refractivity contribution in [1.82, 2.24) is 4.90 Å². The molecular formula is C18H38NO2SSi. The molecule has 23 heavy (non-hydrogen) atoms. The first-order valence-electron chi connectivity index (χ1n) is 9.31. The van der Waals surface area contributed by atoms with E-state index in [1.807, 2.05) is 0 Å². The summed E-state index contributed by atoms with van der Waals surface area (Å²) in [5.41, 5.74) is 0. The first-order valence-corrected chi connectivity index (χ1v) is 12.4. The molecule has 0 saturated carbocycles. The number of ether oxygens (including phenoxy) is 1. The Morgan fingerprint density at radius 2 is 1.78 bits per heavy atom. The Hall–Kier alpha value is 0.157. The van der Waals surface area contributed by atoms with Crippen LogP contribution in [0.3, 0.4) is 0 Å². The number of thioether (sulfide) groups is 1. The Balaban J connectivity index is 3.67. The first-order chi connectivity index (χ1) is 11.1. The zero-order chi connectivity index (χ0) is 17.3. The molecule has 0 aliphatic heterocycles. The lowest BCUT2D eigenvalue weighted by Gasteiger charge is -2.17. The van der Waals surface area contributed by atoms with Gasteiger partial charge in [-0.3, -0.25) is 4.79 Å². The molecule has 1 radical (unpaired) electrons. The lowest BCUT2D eigenvalue weighted by Crippen LogP contribution is -2.26. The van der Waals surface area contributed by atoms with Crippen LogP contribution in [0.4, 0.5) is 0 Å². The van der Waals surface area contributed by atoms with Crippen LogP contribution in [0.2, 0.25) is 12.1 Å². The molecule has 0 aromatic rings. The third kappa shape index (κ3) is 16.8. The van der Waals surface area contributed by atoms with Crippen molar-refractivity contribution in [1.29, 1.82) is 0 Å². The maximum atomic E-state index is 11.8. The van der Waals surface area contributed by atoms with Gasteiger partial charge in [-0.2, -0.15) is 0 Å². The lowest BCUT2D eigenvalue weighted by atomic mass is 10.1. The largest absolute Gasteiger partial charge is 0.385 e. The van der Waals surface area contributed by atoms with Crippen LogP contribution in [0.5, 0.6) is 0 Å². The van der Waals surface area contributed by atoms with E-state index in [0.717, 1.165) is 38.0 Å². The van der Waals surface area contributed by atoms with Crippen LogP contribution in [0.15, 0.2) is 0 Å². The van der Waals surface area contributed by atoms with Crippen LogP contribution in [-0.2, 0) is 9.53 Å². The van der Waals surface area contributed by atoms with E-state index in [-0.39, 0.29) is 0 Å². The second-order valence-electron chi connectivity index (χ2n) is 6.43. The molecule has 0 heterocycles. The number of carbonyl (C=O) groups is 1. The second-order valence-corrected chi connectivity index (χ2v) is 10.4. The van der Waals surface area contributed by atoms with Crippen LogP contribution in [0.1, 0.15) is 58.8 Å². The average molecular weight is 361 g/mol. The maximum absolute atomic E-state index is 11.8. The highest BCUT2D eigenvalue weighted by Crippen LogP contribution is 2.15. The average Bonchev–Trinajstić information content (AvgIpc) is 2.52. The second kappa shape index (κ2) is 17.0. The summed E-state index contributed by atoms with van der Waals surface area (Å²) in [6.45, 7) is 6.27. The smallest absolute Gasteiger partial charge is 0.188 e. The quantitative estimate of drug-likeness (QED) is 0.296. The highest BCUT2D eigenvalue weighted by atomic mass is 32.2. The molecule has 0 amide bonds. The monoisotopic (exact) mass is 360 g/mol. The van der Waals surface area contributed by atoms with Crippen LogP contribution in [0.25, 0.3) is 0 Å². The van der Waals surface area contributed by atoms with Gasteiger partial charge in [0.2, 0.25) is 0 Å². The minimum Gasteiger partial charge on any atom is -0.385 e. The van der Waals surface area contributed by atoms with Gasteiger partial charge in [0.05, 0.1) is 8.80 Å². The highest BCUT2D eigenvalue weighted by Gasteiger charge is 2.12. The van der Waals surface area contributed by atoms with Crippen molar-refractivity contribution in [2.45, 2.75) is 70.9 Å². The number of hydrogen-bond acceptors (Lipinski definition) is 4. The van der Waals surface area contributed by atoms with E-state index < -0.39 is 8.80 Å². The molecular weight excluding hydrogens is 322 g/mol. The number of carbonyl (C=O) groups excluding carboxylic acids is 1. The Morgan fingerprint density at radius 1 is 1.04 bits per heavy atom. The Kier molecular flexibility index (Phi) is 17.1. The van der Waals surface area contributed by atoms with Crippen molar-refractivity contribution in [2.75, 3.05) is 39.2 Å². The van der Waals surface area contributed by atoms with E-state index in [1.165, 1.54) is 44.2 Å². The molecule has 0 atom stereocenters. The van der Waals surface area contributed by atoms with E-state index in [2.05, 4.69) is 32.8 Å². The van der Waals surface area contributed by atoms with Gasteiger partial charge in [0.15, 0.2) is 5.12 Å². The molecule has 0 spiro atoms. The molecule has 0 rings (SSSR count). The normalized spacial score (nSPS) is 11.6. The number of rotatable bonds is 16. The maximum Gasteiger partial charge on any atom is 0.188 e. The third-order valence-electron chi connectivity index (χ3n) is 3.85. The first kappa shape index (κ1) is 23.2. The third-order valence-corrected chi connectivity index (χ3v) is 7.47. The van der Waals surface area contributed by atoms with Crippen molar-refractivity contribution < 1.29 is 9.53 Å². The minimum absolute atomic E-state index is 0.397. The number of hydrogen-bond donors (Lipinski definition) is 0. The van der Waals surface area contributed by atoms with Crippen molar-refractivity contribution in [3.63, 3.8) is 0 Å². The molecule has 0 aromatic heterocycles. The van der Waals surface area contributed by atoms with Gasteiger partial charge in [0, 0.05) is 25.0 Å². The van der Waals surface area contributed by atoms with Crippen molar-refractivity contribution in [3.8, 4) is 0 Å². The molecule has 0 aliphatic carbocycles. The fraction of sp³-hybridized carbons (Fsp3) is 0.944. The van der Waals surface area contributed by atoms with Gasteiger partial charge in [-0.25, -0.2) is 0 Å². The Labute approximate surface area is 150 Å². The summed E-state index contributed by atoms with van der Waals surface area (Å²) < 4.78 is 5.64. The van der Waals surface area contributed by atoms with Gasteiger partial charge >= 0.3 is 0 Å². The van der Waals surface area contributed by atoms with Crippen LogP contribution < -0.4 is 0 Å². The van der Waals surface area contributed by atoms with Crippen LogP contribution in [0, 0.1) is 0 Å². The topological polar surface area (TPSA) is 29.5 Å². The summed E-state index contributed by atoms with van der Waals surface area (Å²) in [6, 6.07) is 2.56. The van der Waals surface area contributed by atoms with Gasteiger partial charge in [-0.05, 0) is 46.4 Å². The predicted octanol–water partition coefficient (Wildman–Crippen LogP) is 4.63. The fourth-order valence-corrected chi connectivity index (χ4v) is 5.88. The van der Waals surface area contributed by atoms with E-state index in [1.54, 1.807) is 11.8 Å². The molecule has 0 saturated heterocycles. The fourth-order valence-electron chi connectivity index (χ4n) is 2.35. The Bertz CT molecular complexity index is 278. The summed E-state index contributed by atoms with van der Waals surface area (Å²) in [4.78, 5) is 14.1. The lowest BCUT2D eigenvalue weighted by molar-refractivity contribution is -0.111. The standard InChI is InChI=1S/C18H38NO2SSi/c1-5-7-8-9-10-12-18(20)22-14-11-15-23(17-21-6-2)16-13-19(3)4/h5-17H2,1-4H3. The molecule has 5 heteroatoms. The number of nitrogens with zero attached hydrogens (tertiary/aromatic N) is 1. The van der Waals surface area contributed by atoms with Crippen LogP contribution >= 0.6 is 11.8 Å². The predicted molar refractivity (Wildman–Crippen MR) is 106 cm³/mol. The van der Waals surface area contributed by atoms with E-state index in [0.29, 0.717) is 5.12 Å². The highest BCUT2D eigenvalue weighted by molar-refractivity contribution is 8.13. The summed E-state index contributed by atoms with van der Waals surface area (Å²) in [5.74, 6) is 0.996. The van der Waals surface area contributed by atoms with Crippen molar-refractivity contribution >= 4 is 25.7 Å². The molecule has 0 fully saturated rings. The summed E-state index contributed by atoms with van der Waals surface area (Å²) >= 11 is 1.56. The minimum atomic E-state index is -0.415. The van der Waals surface area contributed by atoms with Crippen molar-refractivity contribution in [3.05, 3.63) is 0 Å². The summed E-state index contributed by atoms with van der Waals surface area (Å²) in [5, 5.41) is 0.397. The molecule has 0 N–H and O–H groups in total. The van der Waals surface area contributed by atoms with Gasteiger partial charge in [0.1, 0.15) is 0 Å². The number of unbranched alkanes of at least 4 members (excludes halogenated alkanes) is 4. The molecule has 0 aliphatic rings. The molecule has 0 aromatic carbocycles. The van der Waals surface area contributed by atoms with Gasteiger partial charge in [0.25, 0.3) is 0 Å². The zero-order valence-electron chi connectivity index (χ0n) is 15.9. The van der Waals surface area contributed by atoms with E-state index >= 15 is 0 Å². The SMILES string of the molecule is CCCCCCCC(=O)SCCC[Si](CCN(C)C)COCC. The van der Waals surface area contributed by atoms with Gasteiger partial charge in [-0.15, -0.1) is 0 Å². The summed E-state index contributed by atoms with van der Waals surface area (Å²) in [7, 11) is 3.85. The van der Waals surface area contributed by atoms with Gasteiger partial charge < -0.3 is 9.64 Å². The molecule has 0 unspecified atom stereocenters. The molecule has 3 nitrogen and oxygen atoms in total. The summed E-state index contributed by atoms with van der Waals surface area (Å²) in [6.07, 6.45) is 9.04. The Morgan fingerprint density at radius 3 is 2.43 bits per heavy atom. The van der Waals surface area contributed by atoms with Crippen molar-refractivity contribution in [2.24, 2.45) is 0 Å². The molecule has 0 bridgehead atoms. The molecule has 137 valence electrons. The van der Waals surface area contributed by atoms with Crippen LogP contribution in [-0.4, -0.2) is 58.0 Å². The zero-order valence-corrected chi connectivity index (χ0v) is 17.7. The van der Waals surface area contributed by atoms with Gasteiger partial charge in [-0.1, -0.05) is 50.4 Å². The van der Waals surface area contributed by atoms with E-state index in [4.69, 9.17) is 4.74 Å². The van der Waals surface area contributed by atoms with E-state index in [9.17, 15) is 4.79 Å².